The van der Waals surface area contributed by atoms with Gasteiger partial charge in [-0.05, 0) is 36.8 Å². The molecule has 0 bridgehead atoms. The fourth-order valence-corrected chi connectivity index (χ4v) is 5.84. The number of rotatable bonds is 7. The van der Waals surface area contributed by atoms with E-state index in [0.717, 1.165) is 28.3 Å². The van der Waals surface area contributed by atoms with Gasteiger partial charge in [-0.15, -0.1) is 5.10 Å². The van der Waals surface area contributed by atoms with Crippen molar-refractivity contribution in [2.24, 2.45) is 7.05 Å². The van der Waals surface area contributed by atoms with E-state index in [4.69, 9.17) is 0 Å². The molecule has 0 N–H and O–H groups in total. The van der Waals surface area contributed by atoms with E-state index < -0.39 is 11.8 Å². The van der Waals surface area contributed by atoms with E-state index in [1.165, 1.54) is 4.90 Å². The third-order valence-electron chi connectivity index (χ3n) is 7.34. The first kappa shape index (κ1) is 25.1. The highest BCUT2D eigenvalue weighted by atomic mass is 79.9. The van der Waals surface area contributed by atoms with Gasteiger partial charge >= 0.3 is 0 Å². The van der Waals surface area contributed by atoms with Crippen LogP contribution >= 0.6 is 15.9 Å². The number of hydrogen-bond donors (Lipinski definition) is 0. The summed E-state index contributed by atoms with van der Waals surface area (Å²) in [7, 11) is 1.75. The van der Waals surface area contributed by atoms with Gasteiger partial charge in [0.1, 0.15) is 5.69 Å². The van der Waals surface area contributed by atoms with Crippen LogP contribution in [0.3, 0.4) is 0 Å². The summed E-state index contributed by atoms with van der Waals surface area (Å²) in [5.41, 5.74) is 3.64. The number of aryl methyl sites for hydroxylation is 3. The van der Waals surface area contributed by atoms with Gasteiger partial charge in [-0.25, -0.2) is 14.6 Å². The number of para-hydroxylation sites is 1. The van der Waals surface area contributed by atoms with Gasteiger partial charge in [0.25, 0.3) is 11.8 Å². The van der Waals surface area contributed by atoms with Crippen LogP contribution in [0.15, 0.2) is 90.2 Å². The Hall–Kier alpha value is -4.90. The number of nitrogens with zero attached hydrogens (tertiary/aromatic N) is 8. The Balaban J connectivity index is 1.43. The van der Waals surface area contributed by atoms with Gasteiger partial charge in [-0.1, -0.05) is 40.2 Å². The van der Waals surface area contributed by atoms with Crippen LogP contribution in [0.5, 0.6) is 0 Å². The Labute approximate surface area is 242 Å². The first-order valence-electron chi connectivity index (χ1n) is 13.1. The lowest BCUT2D eigenvalue weighted by molar-refractivity contribution is -0.119. The topological polar surface area (TPSA) is 104 Å². The highest BCUT2D eigenvalue weighted by Gasteiger charge is 2.43. The van der Waals surface area contributed by atoms with Crippen molar-refractivity contribution in [1.29, 1.82) is 0 Å². The van der Waals surface area contributed by atoms with Crippen molar-refractivity contribution in [2.75, 3.05) is 4.90 Å². The maximum absolute atomic E-state index is 14.3. The molecule has 0 saturated heterocycles. The van der Waals surface area contributed by atoms with Crippen molar-refractivity contribution in [2.45, 2.75) is 19.5 Å². The summed E-state index contributed by atoms with van der Waals surface area (Å²) in [4.78, 5) is 33.8. The SMILES string of the molecule is Cn1nc(C2=C(c3cn(CCCn4ccnc4)c4cc(Br)ccc34)C(=O)N(c3ccccc3)C2=O)c2ccnnc21. The molecule has 7 rings (SSSR count). The molecule has 2 amide bonds. The van der Waals surface area contributed by atoms with Crippen LogP contribution in [0.2, 0.25) is 0 Å². The zero-order valence-electron chi connectivity index (χ0n) is 22.0. The molecule has 0 saturated carbocycles. The van der Waals surface area contributed by atoms with Crippen LogP contribution in [0.4, 0.5) is 5.69 Å². The van der Waals surface area contributed by atoms with Crippen molar-refractivity contribution < 1.29 is 9.59 Å². The predicted molar refractivity (Wildman–Crippen MR) is 159 cm³/mol. The van der Waals surface area contributed by atoms with Gasteiger partial charge in [0.15, 0.2) is 5.65 Å². The molecule has 0 atom stereocenters. The molecule has 10 nitrogen and oxygen atoms in total. The minimum Gasteiger partial charge on any atom is -0.347 e. The molecular formula is C30H23BrN8O2. The van der Waals surface area contributed by atoms with Gasteiger partial charge in [-0.3, -0.25) is 9.59 Å². The van der Waals surface area contributed by atoms with Crippen LogP contribution in [0, 0.1) is 0 Å². The number of amides is 2. The third kappa shape index (κ3) is 4.16. The lowest BCUT2D eigenvalue weighted by Gasteiger charge is -2.14. The number of imide groups is 1. The molecule has 5 heterocycles. The quantitative estimate of drug-likeness (QED) is 0.241. The molecule has 6 aromatic rings. The highest BCUT2D eigenvalue weighted by molar-refractivity contribution is 9.10. The second kappa shape index (κ2) is 9.93. The van der Waals surface area contributed by atoms with Crippen molar-refractivity contribution in [1.82, 2.24) is 34.1 Å². The fraction of sp³-hybridized carbons (Fsp3) is 0.133. The summed E-state index contributed by atoms with van der Waals surface area (Å²) in [5.74, 6) is -0.816. The molecule has 202 valence electrons. The normalized spacial score (nSPS) is 13.9. The summed E-state index contributed by atoms with van der Waals surface area (Å²) < 4.78 is 6.69. The smallest absolute Gasteiger partial charge is 0.268 e. The Bertz CT molecular complexity index is 1990. The van der Waals surface area contributed by atoms with Crippen molar-refractivity contribution in [3.05, 3.63) is 101 Å². The van der Waals surface area contributed by atoms with E-state index in [1.54, 1.807) is 48.6 Å². The molecule has 0 unspecified atom stereocenters. The van der Waals surface area contributed by atoms with E-state index in [-0.39, 0.29) is 5.57 Å². The molecule has 0 aliphatic carbocycles. The molecule has 4 aromatic heterocycles. The number of imidazole rings is 1. The number of carbonyl (C=O) groups is 2. The number of aromatic nitrogens is 7. The summed E-state index contributed by atoms with van der Waals surface area (Å²) >= 11 is 3.61. The maximum Gasteiger partial charge on any atom is 0.268 e. The van der Waals surface area contributed by atoms with Crippen molar-refractivity contribution in [3.63, 3.8) is 0 Å². The van der Waals surface area contributed by atoms with E-state index in [1.807, 2.05) is 53.4 Å². The molecule has 0 fully saturated rings. The van der Waals surface area contributed by atoms with Crippen molar-refractivity contribution in [3.8, 4) is 0 Å². The summed E-state index contributed by atoms with van der Waals surface area (Å²) in [5, 5.41) is 14.4. The Morgan fingerprint density at radius 2 is 1.73 bits per heavy atom. The standard InChI is InChI=1S/C30H23BrN8O2/c1-36-28-22(10-11-33-34-28)27(35-36)26-25(29(40)39(30(26)41)20-6-3-2-4-7-20)23-17-38(14-5-13-37-15-12-32-18-37)24-16-19(31)8-9-21(23)24/h2-4,6-12,15-18H,5,13-14H2,1H3. The third-order valence-corrected chi connectivity index (χ3v) is 7.83. The van der Waals surface area contributed by atoms with Crippen LogP contribution in [-0.2, 0) is 29.7 Å². The molecule has 0 radical (unpaired) electrons. The summed E-state index contributed by atoms with van der Waals surface area (Å²) in [6.45, 7) is 1.51. The van der Waals surface area contributed by atoms with Crippen molar-refractivity contribution >= 4 is 66.5 Å². The van der Waals surface area contributed by atoms with Crippen LogP contribution in [0.1, 0.15) is 17.7 Å². The number of carbonyl (C=O) groups excluding carboxylic acids is 2. The lowest BCUT2D eigenvalue weighted by atomic mass is 9.98. The number of anilines is 1. The summed E-state index contributed by atoms with van der Waals surface area (Å²) in [6.07, 6.45) is 9.90. The van der Waals surface area contributed by atoms with Gasteiger partial charge in [0, 0.05) is 59.7 Å². The second-order valence-corrected chi connectivity index (χ2v) is 10.7. The van der Waals surface area contributed by atoms with Gasteiger partial charge in [0.2, 0.25) is 0 Å². The van der Waals surface area contributed by atoms with Crippen LogP contribution in [-0.4, -0.2) is 45.9 Å². The minimum atomic E-state index is -0.425. The highest BCUT2D eigenvalue weighted by Crippen LogP contribution is 2.42. The molecule has 41 heavy (non-hydrogen) atoms. The minimum absolute atomic E-state index is 0.248. The first-order chi connectivity index (χ1) is 20.0. The van der Waals surface area contributed by atoms with Crippen LogP contribution < -0.4 is 4.90 Å². The van der Waals surface area contributed by atoms with E-state index >= 15 is 0 Å². The second-order valence-electron chi connectivity index (χ2n) is 9.82. The number of halogens is 1. The largest absolute Gasteiger partial charge is 0.347 e. The number of hydrogen-bond acceptors (Lipinski definition) is 6. The van der Waals surface area contributed by atoms with Gasteiger partial charge in [-0.2, -0.15) is 10.2 Å². The zero-order valence-corrected chi connectivity index (χ0v) is 23.6. The van der Waals surface area contributed by atoms with E-state index in [2.05, 4.69) is 40.8 Å². The Kier molecular flexibility index (Phi) is 6.08. The number of benzene rings is 2. The number of fused-ring (bicyclic) bond motifs is 2. The monoisotopic (exact) mass is 606 g/mol. The van der Waals surface area contributed by atoms with E-state index in [0.29, 0.717) is 40.1 Å². The summed E-state index contributed by atoms with van der Waals surface area (Å²) in [6, 6.07) is 16.7. The molecule has 1 aliphatic heterocycles. The van der Waals surface area contributed by atoms with Gasteiger partial charge in [0.05, 0.1) is 34.7 Å². The van der Waals surface area contributed by atoms with Gasteiger partial charge < -0.3 is 9.13 Å². The zero-order chi connectivity index (χ0) is 28.1. The Morgan fingerprint density at radius 1 is 0.902 bits per heavy atom. The molecule has 0 spiro atoms. The van der Waals surface area contributed by atoms with Crippen LogP contribution in [0.25, 0.3) is 33.1 Å². The fourth-order valence-electron chi connectivity index (χ4n) is 5.49. The predicted octanol–water partition coefficient (Wildman–Crippen LogP) is 4.85. The molecule has 11 heteroatoms. The maximum atomic E-state index is 14.3. The molecular weight excluding hydrogens is 584 g/mol. The van der Waals surface area contributed by atoms with E-state index in [9.17, 15) is 9.59 Å². The lowest BCUT2D eigenvalue weighted by Crippen LogP contribution is -2.31. The average Bonchev–Trinajstić information content (AvgIpc) is 3.75. The Morgan fingerprint density at radius 3 is 2.54 bits per heavy atom. The first-order valence-corrected chi connectivity index (χ1v) is 13.9. The molecule has 2 aromatic carbocycles. The molecule has 1 aliphatic rings. The average molecular weight is 607 g/mol.